The Morgan fingerprint density at radius 1 is 1.25 bits per heavy atom. The van der Waals surface area contributed by atoms with Gasteiger partial charge in [0.15, 0.2) is 0 Å². The van der Waals surface area contributed by atoms with Crippen LogP contribution in [0.4, 0.5) is 5.69 Å². The predicted molar refractivity (Wildman–Crippen MR) is 66.9 cm³/mol. The van der Waals surface area contributed by atoms with Gasteiger partial charge in [-0.25, -0.2) is 0 Å². The number of nitrogen functional groups attached to an aromatic ring is 1. The zero-order valence-electron chi connectivity index (χ0n) is 9.30. The van der Waals surface area contributed by atoms with Gasteiger partial charge in [-0.2, -0.15) is 0 Å². The van der Waals surface area contributed by atoms with Crippen LogP contribution < -0.4 is 5.73 Å². The van der Waals surface area contributed by atoms with E-state index in [1.807, 2.05) is 12.1 Å². The Kier molecular flexibility index (Phi) is 3.62. The Morgan fingerprint density at radius 3 is 2.44 bits per heavy atom. The summed E-state index contributed by atoms with van der Waals surface area (Å²) in [6.45, 7) is 1.93. The van der Waals surface area contributed by atoms with Crippen LogP contribution >= 0.6 is 0 Å². The van der Waals surface area contributed by atoms with Crippen molar-refractivity contribution in [2.75, 3.05) is 18.8 Å². The second-order valence-corrected chi connectivity index (χ2v) is 4.26. The molecule has 0 unspecified atom stereocenters. The Morgan fingerprint density at radius 2 is 1.88 bits per heavy atom. The molecule has 1 radical (unpaired) electrons. The van der Waals surface area contributed by atoms with Crippen LogP contribution in [-0.2, 0) is 4.79 Å². The Balaban J connectivity index is 1.93. The third-order valence-electron chi connectivity index (χ3n) is 3.21. The lowest BCUT2D eigenvalue weighted by Gasteiger charge is -2.30. The lowest BCUT2D eigenvalue weighted by Crippen LogP contribution is -2.36. The Bertz CT molecular complexity index is 345. The molecule has 0 aliphatic carbocycles. The van der Waals surface area contributed by atoms with E-state index in [0.717, 1.165) is 37.8 Å². The molecular weight excluding hydrogens is 199 g/mol. The average Bonchev–Trinajstić information content (AvgIpc) is 2.32. The summed E-state index contributed by atoms with van der Waals surface area (Å²) in [6.07, 6.45) is 3.08. The van der Waals surface area contributed by atoms with E-state index in [1.54, 1.807) is 7.41 Å². The predicted octanol–water partition coefficient (Wildman–Crippen LogP) is 1.26. The molecule has 1 fully saturated rings. The highest BCUT2D eigenvalue weighted by Gasteiger charge is 2.20. The number of carbonyl (C=O) groups is 1. The topological polar surface area (TPSA) is 46.3 Å². The first-order valence-electron chi connectivity index (χ1n) is 5.67. The van der Waals surface area contributed by atoms with Crippen molar-refractivity contribution in [3.8, 4) is 0 Å². The maximum atomic E-state index is 10.4. The van der Waals surface area contributed by atoms with Gasteiger partial charge in [-0.15, -0.1) is 0 Å². The molecular formula is C12H16BN2O. The van der Waals surface area contributed by atoms with Gasteiger partial charge in [0.25, 0.3) is 7.41 Å². The van der Waals surface area contributed by atoms with Crippen molar-refractivity contribution in [3.05, 3.63) is 29.8 Å². The average molecular weight is 215 g/mol. The maximum Gasteiger partial charge on any atom is 0.293 e. The minimum absolute atomic E-state index is 0.608. The van der Waals surface area contributed by atoms with E-state index in [1.165, 1.54) is 5.56 Å². The summed E-state index contributed by atoms with van der Waals surface area (Å²) in [5, 5.41) is 0. The molecule has 16 heavy (non-hydrogen) atoms. The standard InChI is InChI=1S/C12H16BN2O/c14-12-3-1-10(2-4-12)11-5-7-15(8-6-11)13-9-16/h1-4,9,11H,5-8,14H2. The molecule has 2 N–H and O–H groups in total. The number of nitrogens with zero attached hydrogens (tertiary/aromatic N) is 1. The summed E-state index contributed by atoms with van der Waals surface area (Å²) in [4.78, 5) is 12.4. The summed E-state index contributed by atoms with van der Waals surface area (Å²) >= 11 is 0. The zero-order valence-corrected chi connectivity index (χ0v) is 9.30. The fraction of sp³-hybridized carbons (Fsp3) is 0.417. The molecule has 0 spiro atoms. The summed E-state index contributed by atoms with van der Waals surface area (Å²) < 4.78 is 0. The molecule has 1 aromatic carbocycles. The van der Waals surface area contributed by atoms with Crippen LogP contribution in [0, 0.1) is 0 Å². The van der Waals surface area contributed by atoms with Crippen LogP contribution in [0.2, 0.25) is 0 Å². The van der Waals surface area contributed by atoms with Crippen LogP contribution in [0.3, 0.4) is 0 Å². The van der Waals surface area contributed by atoms with Gasteiger partial charge < -0.3 is 15.3 Å². The molecule has 1 aliphatic heterocycles. The highest BCUT2D eigenvalue weighted by atomic mass is 16.1. The molecule has 1 saturated heterocycles. The summed E-state index contributed by atoms with van der Waals surface area (Å²) in [6, 6.07) is 8.14. The van der Waals surface area contributed by atoms with Gasteiger partial charge in [-0.1, -0.05) is 12.1 Å². The Labute approximate surface area is 96.9 Å². The first kappa shape index (κ1) is 11.2. The van der Waals surface area contributed by atoms with Crippen molar-refractivity contribution in [1.82, 2.24) is 4.81 Å². The minimum atomic E-state index is 0.608. The number of hydrogen-bond donors (Lipinski definition) is 1. The van der Waals surface area contributed by atoms with Gasteiger partial charge >= 0.3 is 0 Å². The van der Waals surface area contributed by atoms with E-state index >= 15 is 0 Å². The van der Waals surface area contributed by atoms with Gasteiger partial charge in [0, 0.05) is 5.69 Å². The molecule has 0 amide bonds. The SMILES string of the molecule is Nc1ccc(C2CCN([B]C=O)CC2)cc1. The van der Waals surface area contributed by atoms with Crippen molar-refractivity contribution in [3.63, 3.8) is 0 Å². The van der Waals surface area contributed by atoms with E-state index in [9.17, 15) is 4.79 Å². The third kappa shape index (κ3) is 2.64. The van der Waals surface area contributed by atoms with Crippen LogP contribution in [-0.4, -0.2) is 31.5 Å². The van der Waals surface area contributed by atoms with E-state index < -0.39 is 0 Å². The monoisotopic (exact) mass is 215 g/mol. The number of nitrogens with two attached hydrogens (primary N) is 1. The minimum Gasteiger partial charge on any atom is -0.399 e. The number of anilines is 1. The molecule has 83 valence electrons. The summed E-state index contributed by atoms with van der Waals surface area (Å²) in [5.41, 5.74) is 7.84. The molecule has 3 nitrogen and oxygen atoms in total. The van der Waals surface area contributed by atoms with Crippen molar-refractivity contribution in [1.29, 1.82) is 0 Å². The van der Waals surface area contributed by atoms with Crippen molar-refractivity contribution in [2.24, 2.45) is 0 Å². The fourth-order valence-corrected chi connectivity index (χ4v) is 2.24. The highest BCUT2D eigenvalue weighted by Crippen LogP contribution is 2.27. The Hall–Kier alpha value is -1.29. The zero-order chi connectivity index (χ0) is 11.4. The van der Waals surface area contributed by atoms with Crippen molar-refractivity contribution >= 4 is 19.3 Å². The first-order valence-corrected chi connectivity index (χ1v) is 5.67. The normalized spacial score (nSPS) is 18.2. The largest absolute Gasteiger partial charge is 0.399 e. The van der Waals surface area contributed by atoms with E-state index in [-0.39, 0.29) is 0 Å². The lowest BCUT2D eigenvalue weighted by atomic mass is 9.84. The van der Waals surface area contributed by atoms with Gasteiger partial charge in [-0.3, -0.25) is 0 Å². The first-order chi connectivity index (χ1) is 7.79. The summed E-state index contributed by atoms with van der Waals surface area (Å²) in [7, 11) is 1.64. The molecule has 0 atom stereocenters. The molecule has 1 heterocycles. The van der Waals surface area contributed by atoms with Gasteiger partial charge in [0.05, 0.1) is 6.19 Å². The fourth-order valence-electron chi connectivity index (χ4n) is 2.24. The number of piperidine rings is 1. The summed E-state index contributed by atoms with van der Waals surface area (Å²) in [5.74, 6) is 0.608. The molecule has 0 bridgehead atoms. The molecule has 2 rings (SSSR count). The van der Waals surface area contributed by atoms with Crippen LogP contribution in [0.15, 0.2) is 24.3 Å². The number of rotatable bonds is 3. The third-order valence-corrected chi connectivity index (χ3v) is 3.21. The van der Waals surface area contributed by atoms with Crippen LogP contribution in [0.1, 0.15) is 24.3 Å². The van der Waals surface area contributed by atoms with E-state index in [0.29, 0.717) is 5.92 Å². The second-order valence-electron chi connectivity index (χ2n) is 4.26. The highest BCUT2D eigenvalue weighted by molar-refractivity contribution is 6.64. The maximum absolute atomic E-state index is 10.4. The van der Waals surface area contributed by atoms with Crippen molar-refractivity contribution < 1.29 is 4.79 Å². The molecule has 0 aromatic heterocycles. The molecule has 0 saturated carbocycles. The van der Waals surface area contributed by atoms with Gasteiger partial charge in [0.1, 0.15) is 0 Å². The second kappa shape index (κ2) is 5.17. The van der Waals surface area contributed by atoms with Crippen LogP contribution in [0.5, 0.6) is 0 Å². The smallest absolute Gasteiger partial charge is 0.293 e. The van der Waals surface area contributed by atoms with Crippen molar-refractivity contribution in [2.45, 2.75) is 18.8 Å². The molecule has 4 heteroatoms. The van der Waals surface area contributed by atoms with Crippen LogP contribution in [0.25, 0.3) is 0 Å². The number of carbonyl (C=O) groups excluding carboxylic acids is 1. The molecule has 1 aromatic rings. The van der Waals surface area contributed by atoms with Gasteiger partial charge in [0.2, 0.25) is 0 Å². The van der Waals surface area contributed by atoms with Gasteiger partial charge in [-0.05, 0) is 49.5 Å². The lowest BCUT2D eigenvalue weighted by molar-refractivity contribution is 0.331. The number of benzene rings is 1. The number of hydrogen-bond acceptors (Lipinski definition) is 3. The van der Waals surface area contributed by atoms with E-state index in [4.69, 9.17) is 5.73 Å². The molecule has 1 aliphatic rings. The van der Waals surface area contributed by atoms with E-state index in [2.05, 4.69) is 16.9 Å². The quantitative estimate of drug-likeness (QED) is 0.469.